The highest BCUT2D eigenvalue weighted by Crippen LogP contribution is 2.32. The molecule has 0 saturated heterocycles. The van der Waals surface area contributed by atoms with Crippen molar-refractivity contribution in [3.63, 3.8) is 0 Å². The van der Waals surface area contributed by atoms with Gasteiger partial charge < -0.3 is 9.88 Å². The second kappa shape index (κ2) is 15.8. The average molecular weight is 654 g/mol. The number of carbonyl (C=O) groups excluding carboxylic acids is 1. The van der Waals surface area contributed by atoms with Crippen LogP contribution in [0.4, 0.5) is 11.4 Å². The lowest BCUT2D eigenvalue weighted by Gasteiger charge is -2.29. The molecule has 0 aliphatic carbocycles. The van der Waals surface area contributed by atoms with Crippen LogP contribution in [-0.2, 0) is 17.8 Å². The van der Waals surface area contributed by atoms with Crippen LogP contribution < -0.4 is 10.7 Å². The van der Waals surface area contributed by atoms with Crippen LogP contribution in [0.2, 0.25) is 10.0 Å². The third-order valence-corrected chi connectivity index (χ3v) is 8.55. The van der Waals surface area contributed by atoms with E-state index >= 15 is 0 Å². The molecule has 0 aliphatic rings. The topological polar surface area (TPSA) is 105 Å². The van der Waals surface area contributed by atoms with Crippen LogP contribution in [0.3, 0.4) is 0 Å². The molecule has 1 heterocycles. The number of hydrogen-bond acceptors (Lipinski definition) is 6. The third kappa shape index (κ3) is 8.63. The molecule has 12 heteroatoms. The zero-order valence-corrected chi connectivity index (χ0v) is 26.8. The van der Waals surface area contributed by atoms with Gasteiger partial charge in [0.05, 0.1) is 32.9 Å². The molecule has 4 rings (SSSR count). The van der Waals surface area contributed by atoms with Gasteiger partial charge in [-0.25, -0.2) is 15.4 Å². The lowest BCUT2D eigenvalue weighted by molar-refractivity contribution is -0.384. The number of halogens is 2. The Morgan fingerprint density at radius 1 is 1.09 bits per heavy atom. The van der Waals surface area contributed by atoms with Gasteiger partial charge in [0.2, 0.25) is 0 Å². The highest BCUT2D eigenvalue weighted by Gasteiger charge is 2.32. The molecule has 2 N–H and O–H groups in total. The van der Waals surface area contributed by atoms with Gasteiger partial charge in [-0.05, 0) is 60.3 Å². The van der Waals surface area contributed by atoms with Crippen LogP contribution in [0.1, 0.15) is 49.4 Å². The Balaban J connectivity index is 1.71. The number of non-ortho nitro benzene ring substituents is 1. The molecule has 1 unspecified atom stereocenters. The fraction of sp³-hybridized carbons (Fsp3) is 0.281. The molecule has 0 spiro atoms. The smallest absolute Gasteiger partial charge is 0.269 e. The van der Waals surface area contributed by atoms with Crippen molar-refractivity contribution >= 4 is 57.8 Å². The van der Waals surface area contributed by atoms with Crippen molar-refractivity contribution < 1.29 is 9.72 Å². The summed E-state index contributed by atoms with van der Waals surface area (Å²) in [4.78, 5) is 29.7. The number of benzene rings is 3. The van der Waals surface area contributed by atoms with E-state index in [-0.39, 0.29) is 23.1 Å². The Morgan fingerprint density at radius 2 is 1.82 bits per heavy atom. The van der Waals surface area contributed by atoms with Gasteiger partial charge in [0.15, 0.2) is 5.11 Å². The quantitative estimate of drug-likeness (QED) is 0.0868. The molecule has 4 aromatic rings. The molecule has 44 heavy (non-hydrogen) atoms. The number of aromatic nitrogens is 2. The average Bonchev–Trinajstić information content (AvgIpc) is 3.47. The predicted molar refractivity (Wildman–Crippen MR) is 179 cm³/mol. The number of nitro benzene ring substituents is 1. The van der Waals surface area contributed by atoms with E-state index in [0.717, 1.165) is 24.1 Å². The van der Waals surface area contributed by atoms with Crippen molar-refractivity contribution in [1.29, 1.82) is 0 Å². The summed E-state index contributed by atoms with van der Waals surface area (Å²) in [5, 5.41) is 16.7. The first-order valence-electron chi connectivity index (χ1n) is 14.3. The van der Waals surface area contributed by atoms with E-state index in [1.54, 1.807) is 36.8 Å². The maximum Gasteiger partial charge on any atom is 0.269 e. The van der Waals surface area contributed by atoms with Crippen LogP contribution >= 0.6 is 35.4 Å². The highest BCUT2D eigenvalue weighted by molar-refractivity contribution is 7.80. The summed E-state index contributed by atoms with van der Waals surface area (Å²) >= 11 is 18.7. The van der Waals surface area contributed by atoms with Gasteiger partial charge >= 0.3 is 0 Å². The van der Waals surface area contributed by atoms with Gasteiger partial charge in [0.25, 0.3) is 11.6 Å². The number of nitrogens with zero attached hydrogens (tertiary/aromatic N) is 4. The van der Waals surface area contributed by atoms with Crippen molar-refractivity contribution in [3.05, 3.63) is 122 Å². The summed E-state index contributed by atoms with van der Waals surface area (Å²) in [6, 6.07) is 21.0. The highest BCUT2D eigenvalue weighted by atomic mass is 35.5. The largest absolute Gasteiger partial charge is 0.331 e. The molecule has 0 fully saturated rings. The van der Waals surface area contributed by atoms with Crippen LogP contribution in [-0.4, -0.2) is 37.0 Å². The minimum atomic E-state index is -0.766. The minimum Gasteiger partial charge on any atom is -0.331 e. The zero-order valence-electron chi connectivity index (χ0n) is 24.5. The van der Waals surface area contributed by atoms with Gasteiger partial charge in [0.1, 0.15) is 0 Å². The van der Waals surface area contributed by atoms with Gasteiger partial charge in [-0.2, -0.15) is 0 Å². The summed E-state index contributed by atoms with van der Waals surface area (Å²) in [7, 11) is 0. The normalized spacial score (nSPS) is 12.4. The number of nitrogens with one attached hydrogen (secondary N) is 2. The Morgan fingerprint density at radius 3 is 2.50 bits per heavy atom. The number of nitro groups is 1. The number of amides is 1. The van der Waals surface area contributed by atoms with Crippen LogP contribution in [0.5, 0.6) is 0 Å². The molecular weight excluding hydrogens is 619 g/mol. The molecule has 2 atom stereocenters. The predicted octanol–water partition coefficient (Wildman–Crippen LogP) is 7.64. The molecule has 1 aromatic heterocycles. The molecule has 0 saturated carbocycles. The maximum absolute atomic E-state index is 14.6. The lowest BCUT2D eigenvalue weighted by atomic mass is 9.95. The summed E-state index contributed by atoms with van der Waals surface area (Å²) in [6.07, 6.45) is 5.37. The second-order valence-electron chi connectivity index (χ2n) is 10.5. The van der Waals surface area contributed by atoms with E-state index in [1.165, 1.54) is 17.1 Å². The fourth-order valence-corrected chi connectivity index (χ4v) is 5.32. The first kappa shape index (κ1) is 33.1. The first-order valence-corrected chi connectivity index (χ1v) is 15.4. The van der Waals surface area contributed by atoms with Gasteiger partial charge in [-0.1, -0.05) is 85.9 Å². The standard InChI is InChI=1S/C32H34Cl2N6O3S/c1-3-22(2)16-17-36-39(32(44)37-25-9-5-4-6-10-25)31(41)27(18-24-8-7-11-28(33)30(24)34)29-19-35-21-38(29)20-23-12-14-26(15-13-23)40(42)43/h4-15,19,21-22,27,36H,3,16-18,20H2,1-2H3,(H,37,44)/t22-,27?/m0/s1. The number of hydrogen-bond donors (Lipinski definition) is 2. The molecule has 1 amide bonds. The van der Waals surface area contributed by atoms with Crippen molar-refractivity contribution in [2.45, 2.75) is 45.6 Å². The Labute approximate surface area is 272 Å². The van der Waals surface area contributed by atoms with Crippen LogP contribution in [0, 0.1) is 16.0 Å². The number of imidazole rings is 1. The number of anilines is 1. The number of hydrazine groups is 1. The van der Waals surface area contributed by atoms with Gasteiger partial charge in [-0.15, -0.1) is 0 Å². The molecule has 3 aromatic carbocycles. The molecule has 0 aliphatic heterocycles. The minimum absolute atomic E-state index is 0.00166. The van der Waals surface area contributed by atoms with Crippen molar-refractivity contribution in [1.82, 2.24) is 20.0 Å². The number of thiocarbonyl (C=S) groups is 1. The van der Waals surface area contributed by atoms with E-state index in [0.29, 0.717) is 40.3 Å². The summed E-state index contributed by atoms with van der Waals surface area (Å²) in [6.45, 7) is 5.17. The van der Waals surface area contributed by atoms with Gasteiger partial charge in [-0.3, -0.25) is 14.9 Å². The van der Waals surface area contributed by atoms with E-state index in [1.807, 2.05) is 41.0 Å². The summed E-state index contributed by atoms with van der Waals surface area (Å²) in [5.74, 6) is -0.610. The molecule has 0 radical (unpaired) electrons. The van der Waals surface area contributed by atoms with Crippen LogP contribution in [0.15, 0.2) is 85.3 Å². The number of para-hydroxylation sites is 1. The van der Waals surface area contributed by atoms with E-state index < -0.39 is 10.8 Å². The molecule has 230 valence electrons. The molecular formula is C32H34Cl2N6O3S. The first-order chi connectivity index (χ1) is 21.2. The third-order valence-electron chi connectivity index (χ3n) is 7.41. The number of carbonyl (C=O) groups is 1. The number of rotatable bonds is 13. The summed E-state index contributed by atoms with van der Waals surface area (Å²) < 4.78 is 1.85. The Kier molecular flexibility index (Phi) is 11.8. The molecule has 9 nitrogen and oxygen atoms in total. The van der Waals surface area contributed by atoms with Crippen LogP contribution in [0.25, 0.3) is 0 Å². The second-order valence-corrected chi connectivity index (χ2v) is 11.7. The summed E-state index contributed by atoms with van der Waals surface area (Å²) in [5.41, 5.74) is 6.15. The van der Waals surface area contributed by atoms with Crippen molar-refractivity contribution in [3.8, 4) is 0 Å². The van der Waals surface area contributed by atoms with Crippen molar-refractivity contribution in [2.75, 3.05) is 11.9 Å². The fourth-order valence-electron chi connectivity index (χ4n) is 4.65. The zero-order chi connectivity index (χ0) is 31.6. The maximum atomic E-state index is 14.6. The molecule has 0 bridgehead atoms. The lowest BCUT2D eigenvalue weighted by Crippen LogP contribution is -2.51. The van der Waals surface area contributed by atoms with Gasteiger partial charge in [0, 0.05) is 37.1 Å². The van der Waals surface area contributed by atoms with E-state index in [2.05, 4.69) is 29.6 Å². The van der Waals surface area contributed by atoms with Crippen molar-refractivity contribution in [2.24, 2.45) is 5.92 Å². The Hall–Kier alpha value is -3.83. The monoisotopic (exact) mass is 652 g/mol. The van der Waals surface area contributed by atoms with E-state index in [4.69, 9.17) is 35.4 Å². The SMILES string of the molecule is CC[C@H](C)CCNN(C(=O)C(Cc1cccc(Cl)c1Cl)c1cncn1Cc1ccc([N+](=O)[O-])cc1)C(=S)Nc1ccccc1. The Bertz CT molecular complexity index is 1580. The van der Waals surface area contributed by atoms with E-state index in [9.17, 15) is 14.9 Å².